The molecule has 0 aliphatic heterocycles. The third-order valence-corrected chi connectivity index (χ3v) is 5.32. The topological polar surface area (TPSA) is 54.3 Å². The minimum atomic E-state index is -0.440. The first-order valence-electron chi connectivity index (χ1n) is 10.5. The molecule has 0 aliphatic rings. The second-order valence-corrected chi connectivity index (χ2v) is 7.51. The molecule has 0 aliphatic carbocycles. The van der Waals surface area contributed by atoms with Gasteiger partial charge in [0.15, 0.2) is 0 Å². The summed E-state index contributed by atoms with van der Waals surface area (Å²) >= 11 is 0. The van der Waals surface area contributed by atoms with E-state index in [0.29, 0.717) is 0 Å². The number of nitrogens with one attached hydrogen (secondary N) is 2. The molecule has 31 heavy (non-hydrogen) atoms. The molecule has 0 radical (unpaired) electrons. The van der Waals surface area contributed by atoms with Gasteiger partial charge in [-0.05, 0) is 35.7 Å². The number of hydrogen-bond donors (Lipinski definition) is 2. The molecular weight excluding hydrogens is 384 g/mol. The van der Waals surface area contributed by atoms with Gasteiger partial charge in [-0.3, -0.25) is 10.1 Å². The predicted molar refractivity (Wildman–Crippen MR) is 122 cm³/mol. The van der Waals surface area contributed by atoms with Crippen LogP contribution in [-0.2, 0) is 4.79 Å². The summed E-state index contributed by atoms with van der Waals surface area (Å²) in [5.74, 6) is 0.693. The van der Waals surface area contributed by atoms with Crippen LogP contribution in [0.3, 0.4) is 0 Å². The van der Waals surface area contributed by atoms with Gasteiger partial charge in [0, 0.05) is 0 Å². The monoisotopic (exact) mass is 410 g/mol. The minimum absolute atomic E-state index is 0.0785. The third-order valence-electron chi connectivity index (χ3n) is 5.32. The molecule has 0 bridgehead atoms. The van der Waals surface area contributed by atoms with Crippen LogP contribution in [0, 0.1) is 0 Å². The zero-order valence-corrected chi connectivity index (χ0v) is 17.4. The van der Waals surface area contributed by atoms with Gasteiger partial charge in [-0.25, -0.2) is 0 Å². The highest BCUT2D eigenvalue weighted by Gasteiger charge is 2.25. The van der Waals surface area contributed by atoms with E-state index in [4.69, 9.17) is 4.42 Å². The van der Waals surface area contributed by atoms with Crippen molar-refractivity contribution in [3.8, 4) is 0 Å². The number of rotatable bonds is 8. The Morgan fingerprint density at radius 2 is 1.16 bits per heavy atom. The molecule has 0 saturated heterocycles. The Bertz CT molecular complexity index is 1020. The van der Waals surface area contributed by atoms with Crippen molar-refractivity contribution < 1.29 is 9.21 Å². The maximum atomic E-state index is 13.2. The smallest absolute Gasteiger partial charge is 0.237 e. The SMILES string of the molecule is C[C@H](N[C@H](c1ccccc1)c1ccco1)C(=O)NC(c1ccccc1)c1ccccc1. The Kier molecular flexibility index (Phi) is 6.60. The van der Waals surface area contributed by atoms with Crippen LogP contribution in [0.5, 0.6) is 0 Å². The lowest BCUT2D eigenvalue weighted by molar-refractivity contribution is -0.123. The van der Waals surface area contributed by atoms with E-state index in [9.17, 15) is 4.79 Å². The molecule has 2 atom stereocenters. The van der Waals surface area contributed by atoms with Crippen molar-refractivity contribution in [1.82, 2.24) is 10.6 Å². The molecule has 1 aromatic heterocycles. The number of carbonyl (C=O) groups excluding carboxylic acids is 1. The summed E-state index contributed by atoms with van der Waals surface area (Å²) in [4.78, 5) is 13.2. The van der Waals surface area contributed by atoms with E-state index >= 15 is 0 Å². The van der Waals surface area contributed by atoms with E-state index in [2.05, 4.69) is 10.6 Å². The van der Waals surface area contributed by atoms with E-state index in [1.807, 2.05) is 110 Å². The van der Waals surface area contributed by atoms with Gasteiger partial charge in [0.2, 0.25) is 5.91 Å². The first-order chi connectivity index (χ1) is 15.2. The van der Waals surface area contributed by atoms with E-state index in [1.165, 1.54) is 0 Å². The van der Waals surface area contributed by atoms with Crippen molar-refractivity contribution >= 4 is 5.91 Å². The van der Waals surface area contributed by atoms with Crippen LogP contribution in [0.15, 0.2) is 114 Å². The maximum absolute atomic E-state index is 13.2. The number of carbonyl (C=O) groups is 1. The lowest BCUT2D eigenvalue weighted by Crippen LogP contribution is -2.45. The van der Waals surface area contributed by atoms with E-state index in [-0.39, 0.29) is 18.0 Å². The quantitative estimate of drug-likeness (QED) is 0.417. The highest BCUT2D eigenvalue weighted by molar-refractivity contribution is 5.82. The second-order valence-electron chi connectivity index (χ2n) is 7.51. The number of furan rings is 1. The fourth-order valence-electron chi connectivity index (χ4n) is 3.69. The van der Waals surface area contributed by atoms with Crippen LogP contribution >= 0.6 is 0 Å². The van der Waals surface area contributed by atoms with Crippen LogP contribution < -0.4 is 10.6 Å². The fourth-order valence-corrected chi connectivity index (χ4v) is 3.69. The van der Waals surface area contributed by atoms with Gasteiger partial charge in [-0.2, -0.15) is 0 Å². The van der Waals surface area contributed by atoms with Gasteiger partial charge in [-0.15, -0.1) is 0 Å². The molecule has 3 aromatic carbocycles. The fraction of sp³-hybridized carbons (Fsp3) is 0.148. The summed E-state index contributed by atoms with van der Waals surface area (Å²) in [6.45, 7) is 1.88. The normalized spacial score (nSPS) is 13.0. The van der Waals surface area contributed by atoms with Gasteiger partial charge >= 0.3 is 0 Å². The molecule has 0 saturated carbocycles. The van der Waals surface area contributed by atoms with Crippen molar-refractivity contribution in [2.75, 3.05) is 0 Å². The van der Waals surface area contributed by atoms with Crippen LogP contribution in [-0.4, -0.2) is 11.9 Å². The average Bonchev–Trinajstić information content (AvgIpc) is 3.37. The summed E-state index contributed by atoms with van der Waals surface area (Å²) in [6.07, 6.45) is 1.65. The predicted octanol–water partition coefficient (Wildman–Crippen LogP) is 5.25. The molecule has 1 heterocycles. The minimum Gasteiger partial charge on any atom is -0.467 e. The molecule has 0 unspecified atom stereocenters. The van der Waals surface area contributed by atoms with Crippen molar-refractivity contribution in [1.29, 1.82) is 0 Å². The molecule has 4 aromatic rings. The number of amides is 1. The van der Waals surface area contributed by atoms with Gasteiger partial charge in [0.05, 0.1) is 24.4 Å². The molecule has 4 nitrogen and oxygen atoms in total. The molecular formula is C27H26N2O2. The van der Waals surface area contributed by atoms with Crippen LogP contribution in [0.2, 0.25) is 0 Å². The van der Waals surface area contributed by atoms with Gasteiger partial charge < -0.3 is 9.73 Å². The molecule has 1 amide bonds. The van der Waals surface area contributed by atoms with Crippen molar-refractivity contribution in [3.63, 3.8) is 0 Å². The van der Waals surface area contributed by atoms with Gasteiger partial charge in [0.1, 0.15) is 5.76 Å². The summed E-state index contributed by atoms with van der Waals surface area (Å²) in [6, 6.07) is 32.9. The van der Waals surface area contributed by atoms with Gasteiger partial charge in [-0.1, -0.05) is 91.0 Å². The van der Waals surface area contributed by atoms with Crippen molar-refractivity contribution in [3.05, 3.63) is 132 Å². The van der Waals surface area contributed by atoms with E-state index in [0.717, 1.165) is 22.5 Å². The Morgan fingerprint density at radius 1 is 0.677 bits per heavy atom. The summed E-state index contributed by atoms with van der Waals surface area (Å²) in [5, 5.41) is 6.66. The molecule has 0 spiro atoms. The standard InChI is InChI=1S/C27H26N2O2/c1-20(28-26(24-18-11-19-31-24)23-16-9-4-10-17-23)27(30)29-25(21-12-5-2-6-13-21)22-14-7-3-8-15-22/h2-20,25-26,28H,1H3,(H,29,30)/t20-,26+/m0/s1. The van der Waals surface area contributed by atoms with Crippen molar-refractivity contribution in [2.24, 2.45) is 0 Å². The molecule has 0 fully saturated rings. The molecule has 4 rings (SSSR count). The second kappa shape index (κ2) is 9.92. The highest BCUT2D eigenvalue weighted by atomic mass is 16.3. The number of benzene rings is 3. The van der Waals surface area contributed by atoms with Crippen LogP contribution in [0.4, 0.5) is 0 Å². The van der Waals surface area contributed by atoms with Crippen molar-refractivity contribution in [2.45, 2.75) is 25.0 Å². The summed E-state index contributed by atoms with van der Waals surface area (Å²) in [5.41, 5.74) is 3.12. The Hall–Kier alpha value is -3.63. The average molecular weight is 411 g/mol. The van der Waals surface area contributed by atoms with Crippen LogP contribution in [0.1, 0.15) is 41.5 Å². The molecule has 156 valence electrons. The Morgan fingerprint density at radius 3 is 1.61 bits per heavy atom. The highest BCUT2D eigenvalue weighted by Crippen LogP contribution is 2.24. The van der Waals surface area contributed by atoms with Crippen LogP contribution in [0.25, 0.3) is 0 Å². The zero-order chi connectivity index (χ0) is 21.5. The maximum Gasteiger partial charge on any atom is 0.237 e. The Labute approximate surface area is 182 Å². The first kappa shape index (κ1) is 20.6. The molecule has 4 heteroatoms. The Balaban J connectivity index is 1.54. The summed E-state index contributed by atoms with van der Waals surface area (Å²) in [7, 11) is 0. The van der Waals surface area contributed by atoms with E-state index < -0.39 is 6.04 Å². The zero-order valence-electron chi connectivity index (χ0n) is 17.4. The molecule has 2 N–H and O–H groups in total. The third kappa shape index (κ3) is 5.11. The lowest BCUT2D eigenvalue weighted by atomic mass is 9.98. The summed E-state index contributed by atoms with van der Waals surface area (Å²) < 4.78 is 5.66. The number of hydrogen-bond acceptors (Lipinski definition) is 3. The van der Waals surface area contributed by atoms with Gasteiger partial charge in [0.25, 0.3) is 0 Å². The lowest BCUT2D eigenvalue weighted by Gasteiger charge is -2.25. The first-order valence-corrected chi connectivity index (χ1v) is 10.5. The largest absolute Gasteiger partial charge is 0.467 e. The van der Waals surface area contributed by atoms with E-state index in [1.54, 1.807) is 6.26 Å².